The van der Waals surface area contributed by atoms with E-state index < -0.39 is 12.0 Å². The van der Waals surface area contributed by atoms with E-state index in [1.165, 1.54) is 22.2 Å². The molecule has 0 aliphatic rings. The van der Waals surface area contributed by atoms with Crippen molar-refractivity contribution in [3.63, 3.8) is 0 Å². The van der Waals surface area contributed by atoms with Gasteiger partial charge in [-0.25, -0.2) is 14.5 Å². The van der Waals surface area contributed by atoms with Crippen molar-refractivity contribution in [1.29, 1.82) is 0 Å². The van der Waals surface area contributed by atoms with Crippen LogP contribution < -0.4 is 10.6 Å². The van der Waals surface area contributed by atoms with Crippen LogP contribution in [0.5, 0.6) is 0 Å². The van der Waals surface area contributed by atoms with Crippen LogP contribution in [0, 0.1) is 0 Å². The number of hydrogen-bond donors (Lipinski definition) is 3. The second-order valence-corrected chi connectivity index (χ2v) is 4.34. The first-order valence-electron chi connectivity index (χ1n) is 5.18. The van der Waals surface area contributed by atoms with Gasteiger partial charge in [-0.3, -0.25) is 10.1 Å². The smallest absolute Gasteiger partial charge is 0.325 e. The SMILES string of the molecule is O=C(O)Cn1cc(CNC(=O)Nc2nccs2)nn1. The van der Waals surface area contributed by atoms with E-state index in [-0.39, 0.29) is 13.1 Å². The van der Waals surface area contributed by atoms with Gasteiger partial charge in [0.1, 0.15) is 12.2 Å². The number of aromatic nitrogens is 4. The van der Waals surface area contributed by atoms with Crippen molar-refractivity contribution in [1.82, 2.24) is 25.3 Å². The predicted molar refractivity (Wildman–Crippen MR) is 65.6 cm³/mol. The third kappa shape index (κ3) is 4.03. The second-order valence-electron chi connectivity index (χ2n) is 3.45. The maximum Gasteiger partial charge on any atom is 0.325 e. The van der Waals surface area contributed by atoms with E-state index in [9.17, 15) is 9.59 Å². The minimum Gasteiger partial charge on any atom is -0.480 e. The van der Waals surface area contributed by atoms with Gasteiger partial charge in [0.05, 0.1) is 12.7 Å². The lowest BCUT2D eigenvalue weighted by Gasteiger charge is -2.02. The normalized spacial score (nSPS) is 10.1. The third-order valence-electron chi connectivity index (χ3n) is 1.97. The minimum atomic E-state index is -1.01. The molecule has 0 unspecified atom stereocenters. The van der Waals surface area contributed by atoms with Crippen molar-refractivity contribution in [2.45, 2.75) is 13.1 Å². The van der Waals surface area contributed by atoms with Crippen molar-refractivity contribution in [3.8, 4) is 0 Å². The number of hydrogen-bond acceptors (Lipinski definition) is 6. The number of anilines is 1. The summed E-state index contributed by atoms with van der Waals surface area (Å²) in [6.45, 7) is -0.116. The van der Waals surface area contributed by atoms with Crippen LogP contribution in [0.3, 0.4) is 0 Å². The van der Waals surface area contributed by atoms with Crippen molar-refractivity contribution >= 4 is 28.5 Å². The Balaban J connectivity index is 1.80. The Labute approximate surface area is 111 Å². The lowest BCUT2D eigenvalue weighted by atomic mass is 10.5. The molecule has 0 atom stereocenters. The molecule has 0 spiro atoms. The first-order valence-corrected chi connectivity index (χ1v) is 6.06. The van der Waals surface area contributed by atoms with Gasteiger partial charge in [-0.2, -0.15) is 0 Å². The van der Waals surface area contributed by atoms with Gasteiger partial charge >= 0.3 is 12.0 Å². The van der Waals surface area contributed by atoms with Gasteiger partial charge in [0.15, 0.2) is 5.13 Å². The monoisotopic (exact) mass is 282 g/mol. The summed E-state index contributed by atoms with van der Waals surface area (Å²) in [7, 11) is 0. The molecule has 0 bridgehead atoms. The number of aliphatic carboxylic acids is 1. The fourth-order valence-corrected chi connectivity index (χ4v) is 1.76. The Morgan fingerprint density at radius 3 is 3.00 bits per heavy atom. The Morgan fingerprint density at radius 1 is 1.47 bits per heavy atom. The van der Waals surface area contributed by atoms with Crippen molar-refractivity contribution < 1.29 is 14.7 Å². The highest BCUT2D eigenvalue weighted by molar-refractivity contribution is 7.13. The fourth-order valence-electron chi connectivity index (χ4n) is 1.23. The van der Waals surface area contributed by atoms with Gasteiger partial charge in [-0.1, -0.05) is 5.21 Å². The number of nitrogens with one attached hydrogen (secondary N) is 2. The molecule has 3 N–H and O–H groups in total. The number of nitrogens with zero attached hydrogens (tertiary/aromatic N) is 4. The van der Waals surface area contributed by atoms with Crippen molar-refractivity contribution in [2.24, 2.45) is 0 Å². The number of rotatable bonds is 5. The van der Waals surface area contributed by atoms with Crippen molar-refractivity contribution in [3.05, 3.63) is 23.5 Å². The highest BCUT2D eigenvalue weighted by Gasteiger charge is 2.07. The predicted octanol–water partition coefficient (Wildman–Crippen LogP) is 0.141. The van der Waals surface area contributed by atoms with Crippen LogP contribution in [0.4, 0.5) is 9.93 Å². The second kappa shape index (κ2) is 5.91. The summed E-state index contributed by atoms with van der Waals surface area (Å²) < 4.78 is 1.18. The maximum atomic E-state index is 11.5. The number of carbonyl (C=O) groups excluding carboxylic acids is 1. The zero-order chi connectivity index (χ0) is 13.7. The molecule has 0 aliphatic carbocycles. The van der Waals surface area contributed by atoms with E-state index in [0.29, 0.717) is 10.8 Å². The molecule has 2 amide bonds. The Kier molecular flexibility index (Phi) is 4.03. The summed E-state index contributed by atoms with van der Waals surface area (Å²) in [5, 5.41) is 23.2. The molecule has 10 heteroatoms. The van der Waals surface area contributed by atoms with Gasteiger partial charge in [-0.05, 0) is 0 Å². The summed E-state index contributed by atoms with van der Waals surface area (Å²) in [5.41, 5.74) is 0.468. The molecule has 9 nitrogen and oxygen atoms in total. The molecule has 0 saturated heterocycles. The number of thiazole rings is 1. The molecule has 100 valence electrons. The molecule has 0 radical (unpaired) electrons. The summed E-state index contributed by atoms with van der Waals surface area (Å²) >= 11 is 1.30. The molecule has 0 fully saturated rings. The van der Waals surface area contributed by atoms with E-state index in [1.54, 1.807) is 11.6 Å². The fraction of sp³-hybridized carbons (Fsp3) is 0.222. The Hall–Kier alpha value is -2.49. The van der Waals surface area contributed by atoms with Gasteiger partial charge in [-0.15, -0.1) is 16.4 Å². The van der Waals surface area contributed by atoms with Crippen molar-refractivity contribution in [2.75, 3.05) is 5.32 Å². The molecule has 0 aromatic carbocycles. The molecule has 0 saturated carbocycles. The van der Waals surface area contributed by atoms with Gasteiger partial charge in [0.25, 0.3) is 0 Å². The van der Waals surface area contributed by atoms with E-state index in [1.807, 2.05) is 0 Å². The average Bonchev–Trinajstić information content (AvgIpc) is 2.97. The molecule has 0 aliphatic heterocycles. The third-order valence-corrected chi connectivity index (χ3v) is 2.65. The molecule has 2 rings (SSSR count). The van der Waals surface area contributed by atoms with E-state index in [4.69, 9.17) is 5.11 Å². The average molecular weight is 282 g/mol. The van der Waals surface area contributed by atoms with Crippen LogP contribution >= 0.6 is 11.3 Å². The van der Waals surface area contributed by atoms with Crippen LogP contribution in [0.2, 0.25) is 0 Å². The topological polar surface area (TPSA) is 122 Å². The highest BCUT2D eigenvalue weighted by atomic mass is 32.1. The number of urea groups is 1. The number of carboxylic acids is 1. The molecule has 2 aromatic heterocycles. The zero-order valence-electron chi connectivity index (χ0n) is 9.61. The quantitative estimate of drug-likeness (QED) is 0.717. The Bertz CT molecular complexity index is 566. The van der Waals surface area contributed by atoms with Crippen LogP contribution in [-0.4, -0.2) is 37.1 Å². The largest absolute Gasteiger partial charge is 0.480 e. The minimum absolute atomic E-state index is 0.150. The zero-order valence-corrected chi connectivity index (χ0v) is 10.4. The first-order chi connectivity index (χ1) is 9.13. The van der Waals surface area contributed by atoms with E-state index in [2.05, 4.69) is 25.9 Å². The molecule has 2 heterocycles. The Morgan fingerprint density at radius 2 is 2.32 bits per heavy atom. The molecular formula is C9H10N6O3S. The van der Waals surface area contributed by atoms with Crippen LogP contribution in [0.25, 0.3) is 0 Å². The standard InChI is InChI=1S/C9H10N6O3S/c16-7(17)5-15-4-6(13-14-15)3-11-8(18)12-9-10-1-2-19-9/h1-2,4H,3,5H2,(H,16,17)(H2,10,11,12,18). The number of amides is 2. The van der Waals surface area contributed by atoms with E-state index in [0.717, 1.165) is 0 Å². The lowest BCUT2D eigenvalue weighted by molar-refractivity contribution is -0.137. The molecule has 2 aromatic rings. The summed E-state index contributed by atoms with van der Waals surface area (Å²) in [6.07, 6.45) is 3.04. The summed E-state index contributed by atoms with van der Waals surface area (Å²) in [4.78, 5) is 25.8. The number of carbonyl (C=O) groups is 2. The van der Waals surface area contributed by atoms with Crippen LogP contribution in [0.15, 0.2) is 17.8 Å². The number of carboxylic acid groups (broad SMARTS) is 1. The maximum absolute atomic E-state index is 11.5. The van der Waals surface area contributed by atoms with Gasteiger partial charge in [0.2, 0.25) is 0 Å². The highest BCUT2D eigenvalue weighted by Crippen LogP contribution is 2.09. The first kappa shape index (κ1) is 13.0. The molecule has 19 heavy (non-hydrogen) atoms. The van der Waals surface area contributed by atoms with Gasteiger partial charge < -0.3 is 10.4 Å². The van der Waals surface area contributed by atoms with Crippen LogP contribution in [0.1, 0.15) is 5.69 Å². The summed E-state index contributed by atoms with van der Waals surface area (Å²) in [5.74, 6) is -1.01. The van der Waals surface area contributed by atoms with E-state index >= 15 is 0 Å². The summed E-state index contributed by atoms with van der Waals surface area (Å²) in [6, 6.07) is -0.414. The lowest BCUT2D eigenvalue weighted by Crippen LogP contribution is -2.28. The van der Waals surface area contributed by atoms with Crippen LogP contribution in [-0.2, 0) is 17.9 Å². The molecular weight excluding hydrogens is 272 g/mol. The van der Waals surface area contributed by atoms with Gasteiger partial charge in [0, 0.05) is 11.6 Å².